The SMILES string of the molecule is C#Cc1ccc(CNC=O)c(C)c1. The maximum absolute atomic E-state index is 10.1. The minimum atomic E-state index is 0.556. The van der Waals surface area contributed by atoms with Crippen LogP contribution in [0.25, 0.3) is 0 Å². The molecule has 0 atom stereocenters. The molecule has 0 heterocycles. The van der Waals surface area contributed by atoms with Crippen LogP contribution in [0, 0.1) is 19.3 Å². The average molecular weight is 173 g/mol. The van der Waals surface area contributed by atoms with E-state index in [4.69, 9.17) is 6.42 Å². The summed E-state index contributed by atoms with van der Waals surface area (Å²) in [5, 5.41) is 2.61. The number of nitrogens with one attached hydrogen (secondary N) is 1. The van der Waals surface area contributed by atoms with Crippen molar-refractivity contribution in [3.63, 3.8) is 0 Å². The van der Waals surface area contributed by atoms with E-state index in [1.165, 1.54) is 0 Å². The van der Waals surface area contributed by atoms with E-state index in [1.807, 2.05) is 25.1 Å². The summed E-state index contributed by atoms with van der Waals surface area (Å²) >= 11 is 0. The number of amides is 1. The van der Waals surface area contributed by atoms with E-state index in [0.29, 0.717) is 13.0 Å². The van der Waals surface area contributed by atoms with E-state index >= 15 is 0 Å². The monoisotopic (exact) mass is 173 g/mol. The van der Waals surface area contributed by atoms with Gasteiger partial charge in [-0.25, -0.2) is 0 Å². The summed E-state index contributed by atoms with van der Waals surface area (Å²) in [4.78, 5) is 10.1. The molecule has 0 bridgehead atoms. The number of benzene rings is 1. The standard InChI is InChI=1S/C11H11NO/c1-3-10-4-5-11(7-12-8-13)9(2)6-10/h1,4-6,8H,7H2,2H3,(H,12,13). The third-order valence-corrected chi connectivity index (χ3v) is 1.89. The summed E-state index contributed by atoms with van der Waals surface area (Å²) in [7, 11) is 0. The Hall–Kier alpha value is -1.75. The molecule has 1 N–H and O–H groups in total. The van der Waals surface area contributed by atoms with Gasteiger partial charge in [0.05, 0.1) is 0 Å². The van der Waals surface area contributed by atoms with Gasteiger partial charge < -0.3 is 5.32 Å². The first kappa shape index (κ1) is 9.34. The van der Waals surface area contributed by atoms with Crippen LogP contribution in [-0.4, -0.2) is 6.41 Å². The second-order valence-corrected chi connectivity index (χ2v) is 2.78. The average Bonchev–Trinajstić information content (AvgIpc) is 2.16. The van der Waals surface area contributed by atoms with E-state index in [1.54, 1.807) is 0 Å². The number of aryl methyl sites for hydroxylation is 1. The molecule has 2 heteroatoms. The Kier molecular flexibility index (Phi) is 3.10. The molecule has 66 valence electrons. The summed E-state index contributed by atoms with van der Waals surface area (Å²) in [5.41, 5.74) is 3.06. The van der Waals surface area contributed by atoms with Crippen molar-refractivity contribution >= 4 is 6.41 Å². The van der Waals surface area contributed by atoms with Crippen LogP contribution in [0.4, 0.5) is 0 Å². The zero-order valence-corrected chi connectivity index (χ0v) is 7.50. The van der Waals surface area contributed by atoms with Gasteiger partial charge in [-0.2, -0.15) is 0 Å². The molecule has 2 nitrogen and oxygen atoms in total. The second kappa shape index (κ2) is 4.32. The number of terminal acetylenes is 1. The van der Waals surface area contributed by atoms with Crippen molar-refractivity contribution in [1.82, 2.24) is 5.32 Å². The molecule has 0 aliphatic heterocycles. The second-order valence-electron chi connectivity index (χ2n) is 2.78. The number of hydrogen-bond acceptors (Lipinski definition) is 1. The lowest BCUT2D eigenvalue weighted by Gasteiger charge is -2.04. The van der Waals surface area contributed by atoms with Crippen molar-refractivity contribution in [2.75, 3.05) is 0 Å². The van der Waals surface area contributed by atoms with Gasteiger partial charge in [0.1, 0.15) is 0 Å². The molecule has 0 fully saturated rings. The van der Waals surface area contributed by atoms with Gasteiger partial charge in [-0.05, 0) is 30.2 Å². The van der Waals surface area contributed by atoms with Gasteiger partial charge in [-0.3, -0.25) is 4.79 Å². The molecule has 1 aromatic carbocycles. The molecule has 13 heavy (non-hydrogen) atoms. The summed E-state index contributed by atoms with van der Waals surface area (Å²) in [5.74, 6) is 2.56. The lowest BCUT2D eigenvalue weighted by Crippen LogP contribution is -2.10. The van der Waals surface area contributed by atoms with E-state index in [2.05, 4.69) is 11.2 Å². The minimum absolute atomic E-state index is 0.556. The largest absolute Gasteiger partial charge is 0.355 e. The Balaban J connectivity index is 2.86. The highest BCUT2D eigenvalue weighted by Crippen LogP contribution is 2.09. The van der Waals surface area contributed by atoms with E-state index < -0.39 is 0 Å². The summed E-state index contributed by atoms with van der Waals surface area (Å²) in [6.07, 6.45) is 5.94. The minimum Gasteiger partial charge on any atom is -0.355 e. The molecule has 0 aliphatic rings. The van der Waals surface area contributed by atoms with Crippen LogP contribution in [0.5, 0.6) is 0 Å². The van der Waals surface area contributed by atoms with E-state index in [9.17, 15) is 4.79 Å². The summed E-state index contributed by atoms with van der Waals surface area (Å²) in [6.45, 7) is 2.53. The number of carbonyl (C=O) groups excluding carboxylic acids is 1. The number of rotatable bonds is 3. The van der Waals surface area contributed by atoms with Gasteiger partial charge in [0.2, 0.25) is 6.41 Å². The molecule has 0 aromatic heterocycles. The van der Waals surface area contributed by atoms with Crippen molar-refractivity contribution in [3.8, 4) is 12.3 Å². The van der Waals surface area contributed by atoms with Gasteiger partial charge in [0.15, 0.2) is 0 Å². The van der Waals surface area contributed by atoms with Crippen LogP contribution >= 0.6 is 0 Å². The molecule has 1 rings (SSSR count). The normalized spacial score (nSPS) is 8.92. The highest BCUT2D eigenvalue weighted by molar-refractivity contribution is 5.47. The molecule has 0 spiro atoms. The van der Waals surface area contributed by atoms with Gasteiger partial charge in [-0.1, -0.05) is 12.0 Å². The Labute approximate surface area is 78.0 Å². The maximum Gasteiger partial charge on any atom is 0.207 e. The Morgan fingerprint density at radius 3 is 2.92 bits per heavy atom. The summed E-state index contributed by atoms with van der Waals surface area (Å²) < 4.78 is 0. The Morgan fingerprint density at radius 1 is 1.62 bits per heavy atom. The lowest BCUT2D eigenvalue weighted by atomic mass is 10.1. The van der Waals surface area contributed by atoms with Crippen LogP contribution in [0.3, 0.4) is 0 Å². The van der Waals surface area contributed by atoms with Crippen LogP contribution in [0.2, 0.25) is 0 Å². The third-order valence-electron chi connectivity index (χ3n) is 1.89. The van der Waals surface area contributed by atoms with Crippen molar-refractivity contribution in [2.45, 2.75) is 13.5 Å². The fraction of sp³-hybridized carbons (Fsp3) is 0.182. The van der Waals surface area contributed by atoms with Gasteiger partial charge in [0, 0.05) is 12.1 Å². The first-order valence-electron chi connectivity index (χ1n) is 4.01. The van der Waals surface area contributed by atoms with Crippen LogP contribution in [-0.2, 0) is 11.3 Å². The Bertz CT molecular complexity index is 350. The quantitative estimate of drug-likeness (QED) is 0.540. The predicted octanol–water partition coefficient (Wildman–Crippen LogP) is 1.22. The highest BCUT2D eigenvalue weighted by Gasteiger charge is 1.97. The zero-order chi connectivity index (χ0) is 9.68. The van der Waals surface area contributed by atoms with Crippen molar-refractivity contribution in [3.05, 3.63) is 34.9 Å². The number of carbonyl (C=O) groups is 1. The van der Waals surface area contributed by atoms with Gasteiger partial charge >= 0.3 is 0 Å². The molecule has 0 aliphatic carbocycles. The van der Waals surface area contributed by atoms with Crippen LogP contribution < -0.4 is 5.32 Å². The molecular weight excluding hydrogens is 162 g/mol. The first-order chi connectivity index (χ1) is 6.27. The molecule has 1 amide bonds. The van der Waals surface area contributed by atoms with E-state index in [0.717, 1.165) is 16.7 Å². The fourth-order valence-electron chi connectivity index (χ4n) is 1.14. The molecule has 0 unspecified atom stereocenters. The summed E-state index contributed by atoms with van der Waals surface area (Å²) in [6, 6.07) is 5.73. The molecule has 0 saturated carbocycles. The Morgan fingerprint density at radius 2 is 2.38 bits per heavy atom. The smallest absolute Gasteiger partial charge is 0.207 e. The fourth-order valence-corrected chi connectivity index (χ4v) is 1.14. The van der Waals surface area contributed by atoms with Crippen molar-refractivity contribution < 1.29 is 4.79 Å². The highest BCUT2D eigenvalue weighted by atomic mass is 16.1. The molecule has 0 saturated heterocycles. The first-order valence-corrected chi connectivity index (χ1v) is 4.01. The number of hydrogen-bond donors (Lipinski definition) is 1. The maximum atomic E-state index is 10.1. The lowest BCUT2D eigenvalue weighted by molar-refractivity contribution is -0.109. The van der Waals surface area contributed by atoms with Crippen LogP contribution in [0.1, 0.15) is 16.7 Å². The van der Waals surface area contributed by atoms with Gasteiger partial charge in [-0.15, -0.1) is 6.42 Å². The topological polar surface area (TPSA) is 29.1 Å². The molecular formula is C11H11NO. The van der Waals surface area contributed by atoms with Crippen molar-refractivity contribution in [1.29, 1.82) is 0 Å². The van der Waals surface area contributed by atoms with E-state index in [-0.39, 0.29) is 0 Å². The molecule has 0 radical (unpaired) electrons. The van der Waals surface area contributed by atoms with Gasteiger partial charge in [0.25, 0.3) is 0 Å². The molecule has 1 aromatic rings. The zero-order valence-electron chi connectivity index (χ0n) is 7.50. The van der Waals surface area contributed by atoms with Crippen LogP contribution in [0.15, 0.2) is 18.2 Å². The third kappa shape index (κ3) is 2.34. The van der Waals surface area contributed by atoms with Crippen molar-refractivity contribution in [2.24, 2.45) is 0 Å². The predicted molar refractivity (Wildman–Crippen MR) is 52.0 cm³/mol.